The van der Waals surface area contributed by atoms with E-state index < -0.39 is 5.60 Å². The third-order valence-corrected chi connectivity index (χ3v) is 4.44. The Balaban J connectivity index is 1.86. The van der Waals surface area contributed by atoms with Crippen molar-refractivity contribution in [1.29, 1.82) is 0 Å². The molecule has 106 valence electrons. The van der Waals surface area contributed by atoms with Crippen LogP contribution in [0.5, 0.6) is 0 Å². The zero-order valence-corrected chi connectivity index (χ0v) is 11.5. The van der Waals surface area contributed by atoms with Gasteiger partial charge in [0, 0.05) is 25.1 Å². The fraction of sp³-hybridized carbons (Fsp3) is 1.00. The molecule has 1 saturated carbocycles. The van der Waals surface area contributed by atoms with Gasteiger partial charge in [0.05, 0.1) is 18.8 Å². The lowest BCUT2D eigenvalue weighted by atomic mass is 9.82. The first-order valence-corrected chi connectivity index (χ1v) is 7.17. The van der Waals surface area contributed by atoms with Crippen LogP contribution in [-0.4, -0.2) is 60.7 Å². The fourth-order valence-corrected chi connectivity index (χ4v) is 3.53. The van der Waals surface area contributed by atoms with E-state index in [1.165, 1.54) is 0 Å². The molecular weight excluding hydrogens is 230 g/mol. The first-order valence-electron chi connectivity index (χ1n) is 7.17. The predicted molar refractivity (Wildman–Crippen MR) is 70.5 cm³/mol. The summed E-state index contributed by atoms with van der Waals surface area (Å²) < 4.78 is 5.52. The Morgan fingerprint density at radius 3 is 2.39 bits per heavy atom. The lowest BCUT2D eigenvalue weighted by molar-refractivity contribution is -0.0642. The summed E-state index contributed by atoms with van der Waals surface area (Å²) in [6.45, 7) is 3.16. The van der Waals surface area contributed by atoms with Crippen LogP contribution >= 0.6 is 0 Å². The second-order valence-electron chi connectivity index (χ2n) is 6.42. The van der Waals surface area contributed by atoms with Crippen molar-refractivity contribution in [3.63, 3.8) is 0 Å². The molecule has 1 aliphatic heterocycles. The molecular formula is C14H27NO3. The van der Waals surface area contributed by atoms with E-state index in [9.17, 15) is 10.2 Å². The average molecular weight is 257 g/mol. The highest BCUT2D eigenvalue weighted by Gasteiger charge is 2.37. The van der Waals surface area contributed by atoms with Crippen molar-refractivity contribution in [2.75, 3.05) is 40.0 Å². The molecule has 0 aromatic rings. The Hall–Kier alpha value is -0.160. The van der Waals surface area contributed by atoms with E-state index in [-0.39, 0.29) is 12.0 Å². The second-order valence-corrected chi connectivity index (χ2v) is 6.42. The fourth-order valence-electron chi connectivity index (χ4n) is 3.53. The number of hydrogen-bond donors (Lipinski definition) is 2. The third kappa shape index (κ3) is 3.44. The monoisotopic (exact) mass is 257 g/mol. The minimum Gasteiger partial charge on any atom is -0.396 e. The Kier molecular flexibility index (Phi) is 4.64. The maximum absolute atomic E-state index is 10.4. The van der Waals surface area contributed by atoms with E-state index in [1.54, 1.807) is 0 Å². The molecule has 18 heavy (non-hydrogen) atoms. The number of nitrogens with zero attached hydrogens (tertiary/aromatic N) is 1. The van der Waals surface area contributed by atoms with Crippen LogP contribution in [0, 0.1) is 5.41 Å². The molecule has 0 bridgehead atoms. The number of likely N-dealkylation sites (N-methyl/N-ethyl adjacent to an activating group) is 1. The van der Waals surface area contributed by atoms with Crippen LogP contribution in [0.3, 0.4) is 0 Å². The van der Waals surface area contributed by atoms with Crippen LogP contribution in [-0.2, 0) is 4.74 Å². The van der Waals surface area contributed by atoms with Gasteiger partial charge in [0.15, 0.2) is 0 Å². The highest BCUT2D eigenvalue weighted by molar-refractivity contribution is 4.90. The largest absolute Gasteiger partial charge is 0.396 e. The van der Waals surface area contributed by atoms with Crippen molar-refractivity contribution in [3.05, 3.63) is 0 Å². The summed E-state index contributed by atoms with van der Waals surface area (Å²) >= 11 is 0. The smallest absolute Gasteiger partial charge is 0.0774 e. The van der Waals surface area contributed by atoms with Crippen molar-refractivity contribution in [2.24, 2.45) is 5.41 Å². The number of aliphatic hydroxyl groups is 2. The normalized spacial score (nSPS) is 32.0. The van der Waals surface area contributed by atoms with E-state index in [0.717, 1.165) is 58.2 Å². The number of rotatable bonds is 5. The molecule has 1 unspecified atom stereocenters. The van der Waals surface area contributed by atoms with Crippen LogP contribution in [0.2, 0.25) is 0 Å². The summed E-state index contributed by atoms with van der Waals surface area (Å²) in [6, 6.07) is 0. The molecule has 0 amide bonds. The molecule has 0 spiro atoms. The van der Waals surface area contributed by atoms with E-state index >= 15 is 0 Å². The van der Waals surface area contributed by atoms with Crippen LogP contribution in [0.15, 0.2) is 0 Å². The minimum absolute atomic E-state index is 0.123. The quantitative estimate of drug-likeness (QED) is 0.772. The first kappa shape index (κ1) is 14.3. The number of aliphatic hydroxyl groups excluding tert-OH is 1. The van der Waals surface area contributed by atoms with Gasteiger partial charge in [-0.2, -0.15) is 0 Å². The first-order chi connectivity index (χ1) is 8.58. The van der Waals surface area contributed by atoms with Crippen LogP contribution in [0.1, 0.15) is 38.5 Å². The molecule has 0 radical (unpaired) electrons. The Morgan fingerprint density at radius 1 is 1.11 bits per heavy atom. The summed E-state index contributed by atoms with van der Waals surface area (Å²) in [4.78, 5) is 2.18. The summed E-state index contributed by atoms with van der Waals surface area (Å²) in [6.07, 6.45) is 6.15. The van der Waals surface area contributed by atoms with E-state index in [2.05, 4.69) is 4.90 Å². The van der Waals surface area contributed by atoms with Gasteiger partial charge >= 0.3 is 0 Å². The molecule has 1 atom stereocenters. The van der Waals surface area contributed by atoms with Crippen molar-refractivity contribution in [1.82, 2.24) is 4.90 Å². The third-order valence-electron chi connectivity index (χ3n) is 4.44. The van der Waals surface area contributed by atoms with Gasteiger partial charge in [-0.25, -0.2) is 0 Å². The number of hydrogen-bond acceptors (Lipinski definition) is 4. The van der Waals surface area contributed by atoms with Crippen molar-refractivity contribution in [2.45, 2.75) is 44.1 Å². The highest BCUT2D eigenvalue weighted by atomic mass is 16.5. The Labute approximate surface area is 110 Å². The van der Waals surface area contributed by atoms with Gasteiger partial charge < -0.3 is 19.8 Å². The predicted octanol–water partition coefficient (Wildman–Crippen LogP) is 1.01. The van der Waals surface area contributed by atoms with Crippen LogP contribution in [0.4, 0.5) is 0 Å². The summed E-state index contributed by atoms with van der Waals surface area (Å²) in [5.41, 5.74) is -0.622. The topological polar surface area (TPSA) is 52.9 Å². The molecule has 2 N–H and O–H groups in total. The average Bonchev–Trinajstić information content (AvgIpc) is 2.76. The van der Waals surface area contributed by atoms with Crippen molar-refractivity contribution < 1.29 is 14.9 Å². The summed E-state index contributed by atoms with van der Waals surface area (Å²) in [5.74, 6) is 0. The molecule has 4 nitrogen and oxygen atoms in total. The number of ether oxygens (including phenoxy) is 1. The van der Waals surface area contributed by atoms with Crippen molar-refractivity contribution in [3.8, 4) is 0 Å². The molecule has 0 aromatic carbocycles. The Bertz CT molecular complexity index is 258. The summed E-state index contributed by atoms with van der Waals surface area (Å²) in [7, 11) is 2.04. The molecule has 1 aliphatic carbocycles. The lowest BCUT2D eigenvalue weighted by Gasteiger charge is -2.40. The van der Waals surface area contributed by atoms with E-state index in [4.69, 9.17) is 4.74 Å². The van der Waals surface area contributed by atoms with Crippen LogP contribution < -0.4 is 0 Å². The highest BCUT2D eigenvalue weighted by Crippen LogP contribution is 2.32. The summed E-state index contributed by atoms with van der Waals surface area (Å²) in [5, 5.41) is 20.1. The molecule has 1 heterocycles. The molecule has 1 saturated heterocycles. The zero-order chi connectivity index (χ0) is 13.1. The van der Waals surface area contributed by atoms with Gasteiger partial charge in [-0.05, 0) is 32.7 Å². The maximum atomic E-state index is 10.4. The van der Waals surface area contributed by atoms with Crippen molar-refractivity contribution >= 4 is 0 Å². The molecule has 0 aromatic heterocycles. The van der Waals surface area contributed by atoms with Gasteiger partial charge in [-0.3, -0.25) is 0 Å². The maximum Gasteiger partial charge on any atom is 0.0774 e. The molecule has 2 fully saturated rings. The van der Waals surface area contributed by atoms with Gasteiger partial charge in [0.25, 0.3) is 0 Å². The van der Waals surface area contributed by atoms with E-state index in [1.807, 2.05) is 7.05 Å². The molecule has 2 rings (SSSR count). The molecule has 4 heteroatoms. The van der Waals surface area contributed by atoms with E-state index in [0.29, 0.717) is 6.61 Å². The van der Waals surface area contributed by atoms with Gasteiger partial charge in [-0.15, -0.1) is 0 Å². The van der Waals surface area contributed by atoms with Gasteiger partial charge in [0.2, 0.25) is 0 Å². The second kappa shape index (κ2) is 5.87. The standard InChI is InChI=1S/C14H27NO3/c1-15(10-14(17)6-2-3-7-14)9-13(11-16)5-4-8-18-12-13/h16-17H,2-12H2,1H3. The zero-order valence-electron chi connectivity index (χ0n) is 11.5. The molecule has 2 aliphatic rings. The minimum atomic E-state index is -0.499. The Morgan fingerprint density at radius 2 is 1.83 bits per heavy atom. The SMILES string of the molecule is CN(CC1(O)CCCC1)CC1(CO)CCCOC1. The lowest BCUT2D eigenvalue weighted by Crippen LogP contribution is -2.48. The van der Waals surface area contributed by atoms with Crippen LogP contribution in [0.25, 0.3) is 0 Å². The van der Waals surface area contributed by atoms with Gasteiger partial charge in [-0.1, -0.05) is 12.8 Å². The van der Waals surface area contributed by atoms with Gasteiger partial charge in [0.1, 0.15) is 0 Å².